The van der Waals surface area contributed by atoms with E-state index in [2.05, 4.69) is 9.97 Å². The first-order valence-electron chi connectivity index (χ1n) is 11.7. The first-order valence-corrected chi connectivity index (χ1v) is 11.7. The highest BCUT2D eigenvalue weighted by molar-refractivity contribution is 6.09. The minimum Gasteiger partial charge on any atom is -0.479 e. The Balaban J connectivity index is 1.48. The van der Waals surface area contributed by atoms with Crippen LogP contribution in [0.1, 0.15) is 40.4 Å². The fourth-order valence-electron chi connectivity index (χ4n) is 4.12. The summed E-state index contributed by atoms with van der Waals surface area (Å²) < 4.78 is 11.1. The molecular weight excluding hydrogens is 462 g/mol. The van der Waals surface area contributed by atoms with Crippen LogP contribution in [0.4, 0.5) is 16.3 Å². The van der Waals surface area contributed by atoms with Crippen molar-refractivity contribution in [2.24, 2.45) is 5.73 Å². The van der Waals surface area contributed by atoms with E-state index in [1.807, 2.05) is 66.5 Å². The third kappa shape index (κ3) is 6.08. The molecule has 10 nitrogen and oxygen atoms in total. The van der Waals surface area contributed by atoms with Gasteiger partial charge in [-0.25, -0.2) is 9.78 Å². The molecule has 0 fully saturated rings. The maximum Gasteiger partial charge on any atom is 0.404 e. The molecule has 10 heteroatoms. The number of anilines is 2. The Morgan fingerprint density at radius 1 is 1.17 bits per heavy atom. The normalized spacial score (nSPS) is 14.2. The number of nitrogens with two attached hydrogens (primary N) is 1. The van der Waals surface area contributed by atoms with Crippen LogP contribution >= 0.6 is 0 Å². The van der Waals surface area contributed by atoms with Gasteiger partial charge in [-0.1, -0.05) is 42.5 Å². The van der Waals surface area contributed by atoms with Gasteiger partial charge in [-0.3, -0.25) is 4.79 Å². The predicted octanol–water partition coefficient (Wildman–Crippen LogP) is 3.41. The van der Waals surface area contributed by atoms with Crippen molar-refractivity contribution < 1.29 is 24.2 Å². The summed E-state index contributed by atoms with van der Waals surface area (Å²) >= 11 is 0. The largest absolute Gasteiger partial charge is 0.479 e. The van der Waals surface area contributed by atoms with Crippen LogP contribution in [0.3, 0.4) is 0 Å². The van der Waals surface area contributed by atoms with E-state index in [0.29, 0.717) is 43.9 Å². The topological polar surface area (TPSA) is 131 Å². The highest BCUT2D eigenvalue weighted by Gasteiger charge is 2.28. The Morgan fingerprint density at radius 3 is 2.75 bits per heavy atom. The zero-order valence-electron chi connectivity index (χ0n) is 20.0. The summed E-state index contributed by atoms with van der Waals surface area (Å²) in [5, 5.41) is 9.67. The number of carbonyl (C=O) groups excluding carboxylic acids is 2. The molecule has 2 heterocycles. The summed E-state index contributed by atoms with van der Waals surface area (Å²) in [4.78, 5) is 35.5. The number of benzene rings is 2. The summed E-state index contributed by atoms with van der Waals surface area (Å²) in [7, 11) is 1.82. The minimum absolute atomic E-state index is 0.198. The Bertz CT molecular complexity index is 1210. The Kier molecular flexibility index (Phi) is 7.96. The van der Waals surface area contributed by atoms with E-state index >= 15 is 0 Å². The molecule has 1 aliphatic heterocycles. The van der Waals surface area contributed by atoms with Crippen LogP contribution in [0.15, 0.2) is 60.8 Å². The number of rotatable bonds is 9. The smallest absolute Gasteiger partial charge is 0.404 e. The van der Waals surface area contributed by atoms with E-state index in [1.165, 1.54) is 6.20 Å². The second kappa shape index (κ2) is 11.5. The van der Waals surface area contributed by atoms with Crippen LogP contribution in [0, 0.1) is 0 Å². The standard InChI is InChI=1S/C26H29N5O5/c1-30-12-13-31(24(32)21-16-28-26(34)29-23(21)30)20-10-5-7-18(15-20)17-36-22(11-6-14-35-25(27)33)19-8-3-2-4-9-19/h2-5,7-10,15-16,22H,6,11-14,17H2,1H3,(H2,27,33)(H,28,29,34). The van der Waals surface area contributed by atoms with Gasteiger partial charge < -0.3 is 30.1 Å². The Morgan fingerprint density at radius 2 is 1.97 bits per heavy atom. The molecule has 0 saturated carbocycles. The number of likely N-dealkylation sites (N-methyl/N-ethyl adjacent to an activating group) is 1. The SMILES string of the molecule is CN1CCN(c2cccc(COC(CCCOC(N)=O)c3ccccc3)c2)C(=O)c2cnc(O)nc21. The van der Waals surface area contributed by atoms with Crippen molar-refractivity contribution in [2.75, 3.05) is 36.5 Å². The van der Waals surface area contributed by atoms with Crippen LogP contribution < -0.4 is 15.5 Å². The second-order valence-electron chi connectivity index (χ2n) is 8.48. The first kappa shape index (κ1) is 24.9. The van der Waals surface area contributed by atoms with Crippen molar-refractivity contribution in [1.82, 2.24) is 9.97 Å². The van der Waals surface area contributed by atoms with Crippen molar-refractivity contribution in [1.29, 1.82) is 0 Å². The number of primary amides is 1. The number of ether oxygens (including phenoxy) is 2. The van der Waals surface area contributed by atoms with E-state index in [0.717, 1.165) is 16.8 Å². The summed E-state index contributed by atoms with van der Waals surface area (Å²) in [5.41, 5.74) is 8.06. The number of aromatic hydroxyl groups is 1. The van der Waals surface area contributed by atoms with Crippen molar-refractivity contribution in [2.45, 2.75) is 25.6 Å². The van der Waals surface area contributed by atoms with E-state index in [-0.39, 0.29) is 24.6 Å². The summed E-state index contributed by atoms with van der Waals surface area (Å²) in [5.74, 6) is 0.171. The van der Waals surface area contributed by atoms with Crippen LogP contribution in [-0.4, -0.2) is 53.8 Å². The van der Waals surface area contributed by atoms with Gasteiger partial charge in [-0.2, -0.15) is 4.98 Å². The van der Waals surface area contributed by atoms with Crippen LogP contribution in [0.2, 0.25) is 0 Å². The van der Waals surface area contributed by atoms with E-state index < -0.39 is 6.09 Å². The number of nitrogens with zero attached hydrogens (tertiary/aromatic N) is 4. The number of fused-ring (bicyclic) bond motifs is 1. The number of hydrogen-bond acceptors (Lipinski definition) is 8. The number of carbonyl (C=O) groups is 2. The fraction of sp³-hybridized carbons (Fsp3) is 0.308. The summed E-state index contributed by atoms with van der Waals surface area (Å²) in [6, 6.07) is 17.1. The first-order chi connectivity index (χ1) is 17.4. The van der Waals surface area contributed by atoms with Gasteiger partial charge >= 0.3 is 12.1 Å². The molecule has 36 heavy (non-hydrogen) atoms. The summed E-state index contributed by atoms with van der Waals surface area (Å²) in [6.07, 6.45) is 1.63. The molecule has 3 N–H and O–H groups in total. The summed E-state index contributed by atoms with van der Waals surface area (Å²) in [6.45, 7) is 1.55. The van der Waals surface area contributed by atoms with Gasteiger partial charge in [0.1, 0.15) is 11.4 Å². The highest BCUT2D eigenvalue weighted by Crippen LogP contribution is 2.28. The van der Waals surface area contributed by atoms with Crippen molar-refractivity contribution in [3.05, 3.63) is 77.5 Å². The third-order valence-corrected chi connectivity index (χ3v) is 5.95. The molecular formula is C26H29N5O5. The lowest BCUT2D eigenvalue weighted by atomic mass is 10.0. The number of hydrogen-bond donors (Lipinski definition) is 2. The van der Waals surface area contributed by atoms with Crippen LogP contribution in [0.5, 0.6) is 6.01 Å². The Labute approximate surface area is 209 Å². The Hall–Kier alpha value is -4.18. The van der Waals surface area contributed by atoms with E-state index in [1.54, 1.807) is 4.90 Å². The van der Waals surface area contributed by atoms with Crippen LogP contribution in [0.25, 0.3) is 0 Å². The molecule has 2 amide bonds. The lowest BCUT2D eigenvalue weighted by Crippen LogP contribution is -2.33. The van der Waals surface area contributed by atoms with Gasteiger partial charge in [0.25, 0.3) is 5.91 Å². The van der Waals surface area contributed by atoms with Crippen molar-refractivity contribution in [3.63, 3.8) is 0 Å². The van der Waals surface area contributed by atoms with Gasteiger partial charge in [0.05, 0.1) is 19.3 Å². The zero-order chi connectivity index (χ0) is 25.5. The lowest BCUT2D eigenvalue weighted by Gasteiger charge is -2.22. The zero-order valence-corrected chi connectivity index (χ0v) is 20.0. The third-order valence-electron chi connectivity index (χ3n) is 5.95. The molecule has 0 saturated heterocycles. The monoisotopic (exact) mass is 491 g/mol. The molecule has 0 spiro atoms. The van der Waals surface area contributed by atoms with Gasteiger partial charge in [-0.05, 0) is 36.1 Å². The van der Waals surface area contributed by atoms with Crippen molar-refractivity contribution in [3.8, 4) is 6.01 Å². The van der Waals surface area contributed by atoms with E-state index in [9.17, 15) is 14.7 Å². The van der Waals surface area contributed by atoms with Gasteiger partial charge in [-0.15, -0.1) is 0 Å². The molecule has 1 atom stereocenters. The molecule has 1 unspecified atom stereocenters. The molecule has 0 bridgehead atoms. The van der Waals surface area contributed by atoms with Gasteiger partial charge in [0, 0.05) is 32.0 Å². The average molecular weight is 492 g/mol. The average Bonchev–Trinajstić information content (AvgIpc) is 3.00. The lowest BCUT2D eigenvalue weighted by molar-refractivity contribution is 0.0287. The quantitative estimate of drug-likeness (QED) is 0.436. The number of aromatic nitrogens is 2. The predicted molar refractivity (Wildman–Crippen MR) is 134 cm³/mol. The minimum atomic E-state index is -0.788. The van der Waals surface area contributed by atoms with E-state index in [4.69, 9.17) is 15.2 Å². The molecule has 3 aromatic rings. The molecule has 4 rings (SSSR count). The fourth-order valence-corrected chi connectivity index (χ4v) is 4.12. The molecule has 1 aliphatic rings. The van der Waals surface area contributed by atoms with Crippen LogP contribution in [-0.2, 0) is 16.1 Å². The van der Waals surface area contributed by atoms with Crippen molar-refractivity contribution >= 4 is 23.5 Å². The maximum atomic E-state index is 13.3. The molecule has 188 valence electrons. The maximum absolute atomic E-state index is 13.3. The molecule has 0 radical (unpaired) electrons. The number of amides is 2. The highest BCUT2D eigenvalue weighted by atomic mass is 16.5. The molecule has 1 aromatic heterocycles. The molecule has 0 aliphatic carbocycles. The van der Waals surface area contributed by atoms with Gasteiger partial charge in [0.2, 0.25) is 0 Å². The van der Waals surface area contributed by atoms with Gasteiger partial charge in [0.15, 0.2) is 0 Å². The molecule has 2 aromatic carbocycles. The second-order valence-corrected chi connectivity index (χ2v) is 8.48.